The highest BCUT2D eigenvalue weighted by molar-refractivity contribution is 6.32. The van der Waals surface area contributed by atoms with Crippen LogP contribution in [0.1, 0.15) is 16.8 Å². The molecule has 1 aromatic heterocycles. The first-order valence-corrected chi connectivity index (χ1v) is 7.93. The van der Waals surface area contributed by atoms with E-state index in [1.807, 2.05) is 12.3 Å². The number of hydrogen-bond acceptors (Lipinski definition) is 5. The fraction of sp³-hybridized carbons (Fsp3) is 0.312. The van der Waals surface area contributed by atoms with Gasteiger partial charge in [0.2, 0.25) is 0 Å². The van der Waals surface area contributed by atoms with Crippen molar-refractivity contribution in [2.45, 2.75) is 13.0 Å². The van der Waals surface area contributed by atoms with Crippen molar-refractivity contribution >= 4 is 23.4 Å². The Labute approximate surface area is 149 Å². The number of nitrogens with one attached hydrogen (secondary N) is 1. The molecule has 0 atom stereocenters. The molecule has 0 aliphatic carbocycles. The highest BCUT2D eigenvalue weighted by Crippen LogP contribution is 2.36. The number of ether oxygens (including phenoxy) is 2. The number of nitrogens with zero attached hydrogens (tertiary/aromatic N) is 2. The zero-order valence-electron chi connectivity index (χ0n) is 13.7. The van der Waals surface area contributed by atoms with E-state index >= 15 is 0 Å². The normalized spacial score (nSPS) is 10.3. The summed E-state index contributed by atoms with van der Waals surface area (Å²) in [4.78, 5) is 23.1. The lowest BCUT2D eigenvalue weighted by Crippen LogP contribution is -2.25. The van der Waals surface area contributed by atoms with Crippen LogP contribution in [0.4, 0.5) is 0 Å². The predicted octanol–water partition coefficient (Wildman–Crippen LogP) is 1.23. The molecule has 0 saturated heterocycles. The number of carbonyl (C=O) groups is 2. The molecule has 9 heteroatoms. The lowest BCUT2D eigenvalue weighted by Gasteiger charge is -2.13. The average Bonchev–Trinajstić information content (AvgIpc) is 3.10. The molecule has 2 rings (SSSR count). The number of benzene rings is 1. The Kier molecular flexibility index (Phi) is 6.64. The summed E-state index contributed by atoms with van der Waals surface area (Å²) >= 11 is 6.12. The number of aromatic nitrogens is 2. The third-order valence-electron chi connectivity index (χ3n) is 3.26. The van der Waals surface area contributed by atoms with Gasteiger partial charge in [-0.05, 0) is 24.6 Å². The van der Waals surface area contributed by atoms with Crippen LogP contribution in [-0.2, 0) is 11.3 Å². The van der Waals surface area contributed by atoms with Crippen LogP contribution in [-0.4, -0.2) is 41.9 Å². The Morgan fingerprint density at radius 3 is 2.84 bits per heavy atom. The number of hydrogen-bond donors (Lipinski definition) is 2. The summed E-state index contributed by atoms with van der Waals surface area (Å²) in [5.41, 5.74) is 5.37. The van der Waals surface area contributed by atoms with Crippen LogP contribution >= 0.6 is 11.6 Å². The smallest absolute Gasteiger partial charge is 0.255 e. The molecular weight excluding hydrogens is 348 g/mol. The Morgan fingerprint density at radius 1 is 1.40 bits per heavy atom. The molecular formula is C16H19ClN4O4. The number of nitrogens with two attached hydrogens (primary N) is 1. The Bertz CT molecular complexity index is 734. The second-order valence-electron chi connectivity index (χ2n) is 5.12. The third-order valence-corrected chi connectivity index (χ3v) is 3.54. The van der Waals surface area contributed by atoms with Crippen molar-refractivity contribution in [1.29, 1.82) is 0 Å². The first-order chi connectivity index (χ1) is 12.0. The minimum absolute atomic E-state index is 0.155. The van der Waals surface area contributed by atoms with Crippen LogP contribution in [0.2, 0.25) is 5.02 Å². The standard InChI is InChI=1S/C16H19ClN4O4/c1-24-13-9-11(8-12(17)15(13)25-10-14(18)22)16(23)19-4-2-6-21-7-3-5-20-21/h3,5,7-9H,2,4,6,10H2,1H3,(H2,18,22)(H,19,23). The van der Waals surface area contributed by atoms with Crippen LogP contribution in [0.5, 0.6) is 11.5 Å². The van der Waals surface area contributed by atoms with E-state index in [4.69, 9.17) is 26.8 Å². The number of methoxy groups -OCH3 is 1. The SMILES string of the molecule is COc1cc(C(=O)NCCCn2cccn2)cc(Cl)c1OCC(N)=O. The maximum Gasteiger partial charge on any atom is 0.255 e. The number of rotatable bonds is 9. The molecule has 25 heavy (non-hydrogen) atoms. The van der Waals surface area contributed by atoms with Crippen molar-refractivity contribution < 1.29 is 19.1 Å². The van der Waals surface area contributed by atoms with Gasteiger partial charge in [0.1, 0.15) is 0 Å². The van der Waals surface area contributed by atoms with Crippen molar-refractivity contribution in [3.05, 3.63) is 41.2 Å². The molecule has 0 aliphatic heterocycles. The fourth-order valence-corrected chi connectivity index (χ4v) is 2.38. The molecule has 0 radical (unpaired) electrons. The Hall–Kier alpha value is -2.74. The van der Waals surface area contributed by atoms with E-state index in [0.717, 1.165) is 6.42 Å². The molecule has 0 fully saturated rings. The second kappa shape index (κ2) is 8.93. The van der Waals surface area contributed by atoms with Gasteiger partial charge in [-0.15, -0.1) is 0 Å². The van der Waals surface area contributed by atoms with E-state index in [-0.39, 0.29) is 29.0 Å². The van der Waals surface area contributed by atoms with Gasteiger partial charge in [-0.1, -0.05) is 11.6 Å². The van der Waals surface area contributed by atoms with E-state index in [1.54, 1.807) is 10.9 Å². The largest absolute Gasteiger partial charge is 0.493 e. The topological polar surface area (TPSA) is 108 Å². The first-order valence-electron chi connectivity index (χ1n) is 7.55. The monoisotopic (exact) mass is 366 g/mol. The minimum atomic E-state index is -0.642. The van der Waals surface area contributed by atoms with Crippen molar-refractivity contribution in [3.63, 3.8) is 0 Å². The van der Waals surface area contributed by atoms with Gasteiger partial charge in [0, 0.05) is 31.0 Å². The van der Waals surface area contributed by atoms with Gasteiger partial charge in [-0.25, -0.2) is 0 Å². The van der Waals surface area contributed by atoms with Gasteiger partial charge >= 0.3 is 0 Å². The molecule has 2 amide bonds. The van der Waals surface area contributed by atoms with Crippen LogP contribution in [0.25, 0.3) is 0 Å². The molecule has 0 aliphatic rings. The summed E-state index contributed by atoms with van der Waals surface area (Å²) in [6.45, 7) is 0.852. The molecule has 0 unspecified atom stereocenters. The molecule has 3 N–H and O–H groups in total. The maximum atomic E-state index is 12.2. The van der Waals surface area contributed by atoms with Gasteiger partial charge < -0.3 is 20.5 Å². The Morgan fingerprint density at radius 2 is 2.20 bits per heavy atom. The molecule has 134 valence electrons. The van der Waals surface area contributed by atoms with Gasteiger partial charge in [-0.2, -0.15) is 5.10 Å². The number of carbonyl (C=O) groups excluding carboxylic acids is 2. The molecule has 0 bridgehead atoms. The molecule has 0 spiro atoms. The third kappa shape index (κ3) is 5.39. The summed E-state index contributed by atoms with van der Waals surface area (Å²) in [5.74, 6) is -0.520. The summed E-state index contributed by atoms with van der Waals surface area (Å²) in [5, 5.41) is 7.04. The van der Waals surface area contributed by atoms with E-state index in [9.17, 15) is 9.59 Å². The van der Waals surface area contributed by atoms with Crippen LogP contribution < -0.4 is 20.5 Å². The van der Waals surface area contributed by atoms with E-state index in [1.165, 1.54) is 19.2 Å². The first kappa shape index (κ1) is 18.6. The van der Waals surface area contributed by atoms with E-state index in [0.29, 0.717) is 18.7 Å². The summed E-state index contributed by atoms with van der Waals surface area (Å²) in [7, 11) is 1.41. The fourth-order valence-electron chi connectivity index (χ4n) is 2.11. The number of primary amides is 1. The molecule has 2 aromatic rings. The maximum absolute atomic E-state index is 12.2. The van der Waals surface area contributed by atoms with Crippen molar-refractivity contribution in [2.24, 2.45) is 5.73 Å². The summed E-state index contributed by atoms with van der Waals surface area (Å²) in [6, 6.07) is 4.78. The average molecular weight is 367 g/mol. The van der Waals surface area contributed by atoms with Gasteiger partial charge in [-0.3, -0.25) is 14.3 Å². The van der Waals surface area contributed by atoms with Gasteiger partial charge in [0.05, 0.1) is 12.1 Å². The highest BCUT2D eigenvalue weighted by Gasteiger charge is 2.16. The van der Waals surface area contributed by atoms with Crippen LogP contribution in [0.15, 0.2) is 30.6 Å². The quantitative estimate of drug-likeness (QED) is 0.649. The van der Waals surface area contributed by atoms with E-state index < -0.39 is 5.91 Å². The second-order valence-corrected chi connectivity index (χ2v) is 5.53. The molecule has 8 nitrogen and oxygen atoms in total. The predicted molar refractivity (Wildman–Crippen MR) is 91.9 cm³/mol. The Balaban J connectivity index is 1.96. The van der Waals surface area contributed by atoms with Crippen LogP contribution in [0, 0.1) is 0 Å². The lowest BCUT2D eigenvalue weighted by molar-refractivity contribution is -0.119. The van der Waals surface area contributed by atoms with Gasteiger partial charge in [0.25, 0.3) is 11.8 Å². The molecule has 1 heterocycles. The zero-order valence-corrected chi connectivity index (χ0v) is 14.5. The van der Waals surface area contributed by atoms with Crippen LogP contribution in [0.3, 0.4) is 0 Å². The summed E-state index contributed by atoms with van der Waals surface area (Å²) < 4.78 is 12.2. The zero-order chi connectivity index (χ0) is 18.2. The van der Waals surface area contributed by atoms with E-state index in [2.05, 4.69) is 10.4 Å². The number of halogens is 1. The molecule has 1 aromatic carbocycles. The van der Waals surface area contributed by atoms with Crippen molar-refractivity contribution in [2.75, 3.05) is 20.3 Å². The minimum Gasteiger partial charge on any atom is -0.493 e. The van der Waals surface area contributed by atoms with Crippen molar-refractivity contribution in [3.8, 4) is 11.5 Å². The lowest BCUT2D eigenvalue weighted by atomic mass is 10.2. The summed E-state index contributed by atoms with van der Waals surface area (Å²) in [6.07, 6.45) is 4.30. The number of aryl methyl sites for hydroxylation is 1. The number of amides is 2. The van der Waals surface area contributed by atoms with Crippen molar-refractivity contribution in [1.82, 2.24) is 15.1 Å². The molecule has 0 saturated carbocycles. The van der Waals surface area contributed by atoms with Gasteiger partial charge in [0.15, 0.2) is 18.1 Å². The highest BCUT2D eigenvalue weighted by atomic mass is 35.5.